The Labute approximate surface area is 208 Å². The molecular weight excluding hydrogens is 472 g/mol. The number of aromatic nitrogens is 2. The van der Waals surface area contributed by atoms with Crippen LogP contribution in [0.25, 0.3) is 0 Å². The number of methoxy groups -OCH3 is 1. The number of aryl methyl sites for hydroxylation is 1. The summed E-state index contributed by atoms with van der Waals surface area (Å²) in [7, 11) is 3.31. The maximum atomic E-state index is 12.9. The zero-order valence-corrected chi connectivity index (χ0v) is 20.5. The molecule has 9 nitrogen and oxygen atoms in total. The van der Waals surface area contributed by atoms with Gasteiger partial charge in [0.25, 0.3) is 11.8 Å². The number of hydrogen-bond donors (Lipinski definition) is 1. The molecule has 1 saturated heterocycles. The van der Waals surface area contributed by atoms with Crippen LogP contribution >= 0.6 is 11.6 Å². The fourth-order valence-electron chi connectivity index (χ4n) is 3.50. The average Bonchev–Trinajstić information content (AvgIpc) is 3.21. The van der Waals surface area contributed by atoms with Gasteiger partial charge in [0.2, 0.25) is 0 Å². The standard InChI is InChI=1S/C25H27ClN4O5/c1-4-23(33-3)35-19-13-17(24(31)27-22-8-11-29(2)28-22)12-18(15-19)34-21-7-6-16(14-20(21)26)25(32)30-9-5-10-30/h6-8,11-15,23H,4-5,9-10H2,1-3H3,(H,27,28,31). The van der Waals surface area contributed by atoms with Crippen LogP contribution in [0.5, 0.6) is 17.2 Å². The topological polar surface area (TPSA) is 94.9 Å². The number of amides is 2. The average molecular weight is 499 g/mol. The van der Waals surface area contributed by atoms with Crippen LogP contribution in [0.15, 0.2) is 48.7 Å². The molecule has 1 atom stereocenters. The summed E-state index contributed by atoms with van der Waals surface area (Å²) in [6.07, 6.45) is 2.85. The van der Waals surface area contributed by atoms with Crippen molar-refractivity contribution in [3.05, 3.63) is 64.8 Å². The Morgan fingerprint density at radius 3 is 2.49 bits per heavy atom. The first kappa shape index (κ1) is 24.6. The van der Waals surface area contributed by atoms with E-state index in [1.54, 1.807) is 72.4 Å². The van der Waals surface area contributed by atoms with Crippen molar-refractivity contribution in [2.75, 3.05) is 25.5 Å². The third-order valence-electron chi connectivity index (χ3n) is 5.51. The molecule has 0 aliphatic carbocycles. The smallest absolute Gasteiger partial charge is 0.257 e. The molecule has 1 aliphatic rings. The van der Waals surface area contributed by atoms with Crippen molar-refractivity contribution in [1.82, 2.24) is 14.7 Å². The van der Waals surface area contributed by atoms with Crippen molar-refractivity contribution < 1.29 is 23.8 Å². The summed E-state index contributed by atoms with van der Waals surface area (Å²) >= 11 is 6.43. The second-order valence-corrected chi connectivity index (χ2v) is 8.51. The Balaban J connectivity index is 1.59. The molecule has 1 N–H and O–H groups in total. The van der Waals surface area contributed by atoms with Gasteiger partial charge in [-0.1, -0.05) is 18.5 Å². The maximum Gasteiger partial charge on any atom is 0.257 e. The predicted octanol–water partition coefficient (Wildman–Crippen LogP) is 4.73. The second kappa shape index (κ2) is 10.8. The van der Waals surface area contributed by atoms with Crippen LogP contribution in [0, 0.1) is 0 Å². The fraction of sp³-hybridized carbons (Fsp3) is 0.320. The van der Waals surface area contributed by atoms with Gasteiger partial charge in [-0.15, -0.1) is 0 Å². The van der Waals surface area contributed by atoms with E-state index in [1.165, 1.54) is 0 Å². The van der Waals surface area contributed by atoms with Gasteiger partial charge in [-0.05, 0) is 36.8 Å². The highest BCUT2D eigenvalue weighted by molar-refractivity contribution is 6.32. The van der Waals surface area contributed by atoms with Crippen LogP contribution in [0.2, 0.25) is 5.02 Å². The van der Waals surface area contributed by atoms with Crippen molar-refractivity contribution in [1.29, 1.82) is 0 Å². The lowest BCUT2D eigenvalue weighted by Crippen LogP contribution is -2.41. The number of carbonyl (C=O) groups excluding carboxylic acids is 2. The predicted molar refractivity (Wildman–Crippen MR) is 131 cm³/mol. The first-order valence-electron chi connectivity index (χ1n) is 11.3. The highest BCUT2D eigenvalue weighted by Crippen LogP contribution is 2.34. The molecule has 1 aliphatic heterocycles. The Morgan fingerprint density at radius 2 is 1.89 bits per heavy atom. The molecule has 0 radical (unpaired) electrons. The van der Waals surface area contributed by atoms with Gasteiger partial charge in [0.05, 0.1) is 5.02 Å². The van der Waals surface area contributed by atoms with E-state index in [9.17, 15) is 9.59 Å². The lowest BCUT2D eigenvalue weighted by atomic mass is 10.1. The van der Waals surface area contributed by atoms with Gasteiger partial charge in [-0.25, -0.2) is 0 Å². The summed E-state index contributed by atoms with van der Waals surface area (Å²) in [5, 5.41) is 7.21. The number of carbonyl (C=O) groups is 2. The Morgan fingerprint density at radius 1 is 1.11 bits per heavy atom. The van der Waals surface area contributed by atoms with Crippen LogP contribution < -0.4 is 14.8 Å². The van der Waals surface area contributed by atoms with Gasteiger partial charge in [0, 0.05) is 63.1 Å². The molecule has 10 heteroatoms. The largest absolute Gasteiger partial charge is 0.465 e. The van der Waals surface area contributed by atoms with Crippen LogP contribution in [-0.2, 0) is 11.8 Å². The Kier molecular flexibility index (Phi) is 7.57. The van der Waals surface area contributed by atoms with Gasteiger partial charge in [-0.3, -0.25) is 14.3 Å². The summed E-state index contributed by atoms with van der Waals surface area (Å²) in [5.41, 5.74) is 0.801. The number of nitrogens with zero attached hydrogens (tertiary/aromatic N) is 3. The maximum absolute atomic E-state index is 12.9. The molecule has 2 amide bonds. The van der Waals surface area contributed by atoms with E-state index in [4.69, 9.17) is 25.8 Å². The molecule has 184 valence electrons. The minimum Gasteiger partial charge on any atom is -0.465 e. The number of hydrogen-bond acceptors (Lipinski definition) is 6. The summed E-state index contributed by atoms with van der Waals surface area (Å²) in [6, 6.07) is 11.4. The first-order chi connectivity index (χ1) is 16.9. The molecule has 0 spiro atoms. The van der Waals surface area contributed by atoms with Crippen LogP contribution in [0.1, 0.15) is 40.5 Å². The van der Waals surface area contributed by atoms with Crippen molar-refractivity contribution in [3.63, 3.8) is 0 Å². The number of rotatable bonds is 9. The van der Waals surface area contributed by atoms with Crippen LogP contribution in [0.4, 0.5) is 5.82 Å². The molecule has 35 heavy (non-hydrogen) atoms. The number of benzene rings is 2. The van der Waals surface area contributed by atoms with Crippen molar-refractivity contribution >= 4 is 29.2 Å². The third kappa shape index (κ3) is 5.93. The lowest BCUT2D eigenvalue weighted by Gasteiger charge is -2.31. The normalized spacial score (nSPS) is 13.7. The number of nitrogens with one attached hydrogen (secondary N) is 1. The van der Waals surface area contributed by atoms with Gasteiger partial charge in [-0.2, -0.15) is 5.10 Å². The molecule has 1 unspecified atom stereocenters. The van der Waals surface area contributed by atoms with Gasteiger partial charge in [0.15, 0.2) is 12.1 Å². The fourth-order valence-corrected chi connectivity index (χ4v) is 3.71. The van der Waals surface area contributed by atoms with Crippen LogP contribution in [0.3, 0.4) is 0 Å². The van der Waals surface area contributed by atoms with Crippen molar-refractivity contribution in [3.8, 4) is 17.2 Å². The summed E-state index contributed by atoms with van der Waals surface area (Å²) in [5.74, 6) is 1.05. The number of likely N-dealkylation sites (tertiary alicyclic amines) is 1. The zero-order valence-electron chi connectivity index (χ0n) is 19.8. The molecule has 2 aromatic carbocycles. The molecule has 1 aromatic heterocycles. The second-order valence-electron chi connectivity index (χ2n) is 8.11. The lowest BCUT2D eigenvalue weighted by molar-refractivity contribution is -0.0549. The highest BCUT2D eigenvalue weighted by atomic mass is 35.5. The Hall–Kier alpha value is -3.56. The van der Waals surface area contributed by atoms with Gasteiger partial charge in [0.1, 0.15) is 17.2 Å². The van der Waals surface area contributed by atoms with Gasteiger partial charge >= 0.3 is 0 Å². The molecule has 1 fully saturated rings. The number of halogens is 1. The van der Waals surface area contributed by atoms with E-state index >= 15 is 0 Å². The van der Waals surface area contributed by atoms with Gasteiger partial charge < -0.3 is 24.4 Å². The van der Waals surface area contributed by atoms with Crippen molar-refractivity contribution in [2.24, 2.45) is 7.05 Å². The summed E-state index contributed by atoms with van der Waals surface area (Å²) in [6.45, 7) is 3.43. The molecular formula is C25H27ClN4O5. The Bertz CT molecular complexity index is 1220. The van der Waals surface area contributed by atoms with E-state index in [1.807, 2.05) is 6.92 Å². The van der Waals surface area contributed by atoms with Crippen molar-refractivity contribution in [2.45, 2.75) is 26.1 Å². The molecule has 4 rings (SSSR count). The monoisotopic (exact) mass is 498 g/mol. The zero-order chi connectivity index (χ0) is 24.9. The first-order valence-corrected chi connectivity index (χ1v) is 11.7. The number of anilines is 1. The van der Waals surface area contributed by atoms with E-state index in [0.717, 1.165) is 19.5 Å². The molecule has 0 saturated carbocycles. The third-order valence-corrected chi connectivity index (χ3v) is 5.81. The van der Waals surface area contributed by atoms with E-state index in [-0.39, 0.29) is 16.8 Å². The minimum atomic E-state index is -0.493. The number of ether oxygens (including phenoxy) is 3. The molecule has 0 bridgehead atoms. The summed E-state index contributed by atoms with van der Waals surface area (Å²) < 4.78 is 18.8. The van der Waals surface area contributed by atoms with E-state index < -0.39 is 6.29 Å². The quantitative estimate of drug-likeness (QED) is 0.429. The minimum absolute atomic E-state index is 0.0567. The molecule has 3 aromatic rings. The van der Waals surface area contributed by atoms with E-state index in [0.29, 0.717) is 40.6 Å². The summed E-state index contributed by atoms with van der Waals surface area (Å²) in [4.78, 5) is 27.2. The molecule has 2 heterocycles. The van der Waals surface area contributed by atoms with E-state index in [2.05, 4.69) is 10.4 Å². The highest BCUT2D eigenvalue weighted by Gasteiger charge is 2.22. The van der Waals surface area contributed by atoms with Crippen LogP contribution in [-0.4, -0.2) is 53.0 Å². The SMILES string of the molecule is CCC(OC)Oc1cc(Oc2ccc(C(=O)N3CCC3)cc2Cl)cc(C(=O)Nc2ccn(C)n2)c1.